The van der Waals surface area contributed by atoms with Gasteiger partial charge in [0.2, 0.25) is 0 Å². The molecule has 0 aliphatic rings. The van der Waals surface area contributed by atoms with Gasteiger partial charge in [0.1, 0.15) is 17.0 Å². The summed E-state index contributed by atoms with van der Waals surface area (Å²) in [6.07, 6.45) is 3.34. The lowest BCUT2D eigenvalue weighted by Gasteiger charge is -2.21. The van der Waals surface area contributed by atoms with Crippen LogP contribution in [0.25, 0.3) is 0 Å². The molecule has 96 valence electrons. The van der Waals surface area contributed by atoms with Crippen molar-refractivity contribution >= 4 is 17.4 Å². The van der Waals surface area contributed by atoms with Crippen LogP contribution in [-0.4, -0.2) is 16.5 Å². The fourth-order valence-electron chi connectivity index (χ4n) is 1.71. The number of rotatable bonds is 4. The van der Waals surface area contributed by atoms with E-state index in [0.717, 1.165) is 17.9 Å². The summed E-state index contributed by atoms with van der Waals surface area (Å²) in [4.78, 5) is 10.5. The highest BCUT2D eigenvalue weighted by atomic mass is 35.5. The third-order valence-electron chi connectivity index (χ3n) is 2.74. The van der Waals surface area contributed by atoms with Gasteiger partial charge in [-0.3, -0.25) is 0 Å². The van der Waals surface area contributed by atoms with E-state index in [1.54, 1.807) is 24.5 Å². The Hall–Kier alpha value is -2.12. The van der Waals surface area contributed by atoms with Gasteiger partial charge >= 0.3 is 0 Å². The van der Waals surface area contributed by atoms with E-state index >= 15 is 0 Å². The van der Waals surface area contributed by atoms with E-state index in [2.05, 4.69) is 27.9 Å². The fraction of sp³-hybridized carbons (Fsp3) is 0.214. The Morgan fingerprint density at radius 1 is 1.21 bits per heavy atom. The highest BCUT2D eigenvalue weighted by Crippen LogP contribution is 2.15. The van der Waals surface area contributed by atoms with Crippen molar-refractivity contribution in [2.24, 2.45) is 0 Å². The Morgan fingerprint density at radius 2 is 2.05 bits per heavy atom. The normalized spacial score (nSPS) is 9.95. The van der Waals surface area contributed by atoms with Crippen molar-refractivity contribution in [3.63, 3.8) is 0 Å². The van der Waals surface area contributed by atoms with Crippen LogP contribution >= 0.6 is 11.6 Å². The zero-order valence-electron chi connectivity index (χ0n) is 10.5. The number of hydrogen-bond acceptors (Lipinski definition) is 4. The van der Waals surface area contributed by atoms with Crippen LogP contribution in [0.5, 0.6) is 0 Å². The van der Waals surface area contributed by atoms with Crippen molar-refractivity contribution in [2.75, 3.05) is 11.4 Å². The van der Waals surface area contributed by atoms with E-state index in [1.165, 1.54) is 0 Å². The summed E-state index contributed by atoms with van der Waals surface area (Å²) >= 11 is 5.76. The van der Waals surface area contributed by atoms with Crippen LogP contribution in [0.2, 0.25) is 5.15 Å². The fourth-order valence-corrected chi connectivity index (χ4v) is 1.83. The third kappa shape index (κ3) is 3.43. The lowest BCUT2D eigenvalue weighted by atomic mass is 10.2. The molecule has 0 aliphatic heterocycles. The number of anilines is 1. The molecule has 0 radical (unpaired) electrons. The van der Waals surface area contributed by atoms with Gasteiger partial charge in [0, 0.05) is 25.5 Å². The predicted octanol–water partition coefficient (Wildman–Crippen LogP) is 3.03. The zero-order chi connectivity index (χ0) is 13.7. The van der Waals surface area contributed by atoms with Gasteiger partial charge in [0.05, 0.1) is 5.56 Å². The standard InChI is InChI=1S/C14H13ClN4/c1-2-19(10-12-3-5-13(15)17-9-12)14-6-4-11(7-16)8-18-14/h3-6,8-9H,2,10H2,1H3. The molecule has 2 heterocycles. The summed E-state index contributed by atoms with van der Waals surface area (Å²) < 4.78 is 0. The quantitative estimate of drug-likeness (QED) is 0.803. The second kappa shape index (κ2) is 6.17. The molecule has 2 aromatic rings. The van der Waals surface area contributed by atoms with Gasteiger partial charge < -0.3 is 4.90 Å². The van der Waals surface area contributed by atoms with Gasteiger partial charge in [0.15, 0.2) is 0 Å². The zero-order valence-corrected chi connectivity index (χ0v) is 11.3. The Bertz CT molecular complexity index is 572. The molecule has 2 aromatic heterocycles. The van der Waals surface area contributed by atoms with Gasteiger partial charge in [-0.05, 0) is 30.7 Å². The first kappa shape index (κ1) is 13.3. The molecule has 19 heavy (non-hydrogen) atoms. The number of pyridine rings is 2. The maximum absolute atomic E-state index is 8.76. The van der Waals surface area contributed by atoms with Gasteiger partial charge in [-0.25, -0.2) is 9.97 Å². The summed E-state index contributed by atoms with van der Waals surface area (Å²) in [5.41, 5.74) is 1.63. The van der Waals surface area contributed by atoms with Crippen LogP contribution in [0.1, 0.15) is 18.1 Å². The molecule has 4 nitrogen and oxygen atoms in total. The minimum Gasteiger partial charge on any atom is -0.353 e. The van der Waals surface area contributed by atoms with E-state index in [1.807, 2.05) is 12.1 Å². The first-order chi connectivity index (χ1) is 9.22. The average molecular weight is 273 g/mol. The molecule has 0 spiro atoms. The van der Waals surface area contributed by atoms with E-state index in [0.29, 0.717) is 17.3 Å². The third-order valence-corrected chi connectivity index (χ3v) is 2.97. The van der Waals surface area contributed by atoms with Crippen LogP contribution in [0.3, 0.4) is 0 Å². The molecule has 5 heteroatoms. The lowest BCUT2D eigenvalue weighted by molar-refractivity contribution is 0.810. The van der Waals surface area contributed by atoms with Crippen molar-refractivity contribution in [3.05, 3.63) is 52.9 Å². The second-order valence-corrected chi connectivity index (χ2v) is 4.41. The number of hydrogen-bond donors (Lipinski definition) is 0. The maximum Gasteiger partial charge on any atom is 0.129 e. The van der Waals surface area contributed by atoms with Crippen molar-refractivity contribution in [1.29, 1.82) is 5.26 Å². The number of nitriles is 1. The molecule has 0 N–H and O–H groups in total. The molecule has 0 saturated carbocycles. The van der Waals surface area contributed by atoms with Crippen molar-refractivity contribution in [1.82, 2.24) is 9.97 Å². The first-order valence-electron chi connectivity index (χ1n) is 5.94. The minimum atomic E-state index is 0.489. The summed E-state index contributed by atoms with van der Waals surface area (Å²) in [5, 5.41) is 9.25. The Morgan fingerprint density at radius 3 is 2.58 bits per heavy atom. The Labute approximate surface area is 117 Å². The summed E-state index contributed by atoms with van der Waals surface area (Å²) in [5.74, 6) is 0.844. The van der Waals surface area contributed by atoms with Crippen LogP contribution in [-0.2, 0) is 6.54 Å². The summed E-state index contributed by atoms with van der Waals surface area (Å²) in [6, 6.07) is 9.40. The summed E-state index contributed by atoms with van der Waals surface area (Å²) in [7, 11) is 0. The maximum atomic E-state index is 8.76. The topological polar surface area (TPSA) is 52.8 Å². The molecule has 0 bridgehead atoms. The van der Waals surface area contributed by atoms with Crippen molar-refractivity contribution in [2.45, 2.75) is 13.5 Å². The van der Waals surface area contributed by atoms with Crippen LogP contribution in [0, 0.1) is 11.3 Å². The predicted molar refractivity (Wildman–Crippen MR) is 74.9 cm³/mol. The Balaban J connectivity index is 2.15. The van der Waals surface area contributed by atoms with E-state index in [-0.39, 0.29) is 0 Å². The van der Waals surface area contributed by atoms with E-state index < -0.39 is 0 Å². The van der Waals surface area contributed by atoms with Crippen LogP contribution in [0.4, 0.5) is 5.82 Å². The monoisotopic (exact) mass is 272 g/mol. The summed E-state index contributed by atoms with van der Waals surface area (Å²) in [6.45, 7) is 3.59. The molecular formula is C14H13ClN4. The van der Waals surface area contributed by atoms with Crippen molar-refractivity contribution < 1.29 is 0 Å². The molecule has 0 saturated heterocycles. The lowest BCUT2D eigenvalue weighted by Crippen LogP contribution is -2.23. The Kier molecular flexibility index (Phi) is 4.32. The van der Waals surface area contributed by atoms with E-state index in [4.69, 9.17) is 16.9 Å². The van der Waals surface area contributed by atoms with Gasteiger partial charge in [-0.1, -0.05) is 17.7 Å². The van der Waals surface area contributed by atoms with Crippen molar-refractivity contribution in [3.8, 4) is 6.07 Å². The van der Waals surface area contributed by atoms with Gasteiger partial charge in [-0.15, -0.1) is 0 Å². The van der Waals surface area contributed by atoms with Crippen LogP contribution < -0.4 is 4.90 Å². The largest absolute Gasteiger partial charge is 0.353 e. The molecule has 2 rings (SSSR count). The number of aromatic nitrogens is 2. The molecular weight excluding hydrogens is 260 g/mol. The molecule has 0 fully saturated rings. The second-order valence-electron chi connectivity index (χ2n) is 4.02. The molecule has 0 aliphatic carbocycles. The number of nitrogens with zero attached hydrogens (tertiary/aromatic N) is 4. The van der Waals surface area contributed by atoms with E-state index in [9.17, 15) is 0 Å². The molecule has 0 aromatic carbocycles. The van der Waals surface area contributed by atoms with Gasteiger partial charge in [0.25, 0.3) is 0 Å². The first-order valence-corrected chi connectivity index (χ1v) is 6.32. The SMILES string of the molecule is CCN(Cc1ccc(Cl)nc1)c1ccc(C#N)cn1. The highest BCUT2D eigenvalue weighted by molar-refractivity contribution is 6.29. The molecule has 0 amide bonds. The smallest absolute Gasteiger partial charge is 0.129 e. The molecule has 0 atom stereocenters. The average Bonchev–Trinajstić information content (AvgIpc) is 2.47. The molecule has 0 unspecified atom stereocenters. The van der Waals surface area contributed by atoms with Gasteiger partial charge in [-0.2, -0.15) is 5.26 Å². The minimum absolute atomic E-state index is 0.489. The number of halogens is 1. The highest BCUT2D eigenvalue weighted by Gasteiger charge is 2.07. The van der Waals surface area contributed by atoms with Crippen LogP contribution in [0.15, 0.2) is 36.7 Å².